The fraction of sp³-hybridized carbons (Fsp3) is 0.586. The van der Waals surface area contributed by atoms with Gasteiger partial charge in [0.15, 0.2) is 0 Å². The highest BCUT2D eigenvalue weighted by Gasteiger charge is 2.36. The van der Waals surface area contributed by atoms with E-state index in [0.717, 1.165) is 75.6 Å². The molecule has 1 unspecified atom stereocenters. The van der Waals surface area contributed by atoms with Crippen molar-refractivity contribution in [2.75, 3.05) is 38.2 Å². The predicted molar refractivity (Wildman–Crippen MR) is 139 cm³/mol. The Labute approximate surface area is 218 Å². The summed E-state index contributed by atoms with van der Waals surface area (Å²) in [4.78, 5) is 19.1. The number of hydrogen-bond acceptors (Lipinski definition) is 6. The summed E-state index contributed by atoms with van der Waals surface area (Å²) in [7, 11) is 0. The topological polar surface area (TPSA) is 83.9 Å². The molecule has 3 atom stereocenters. The second-order valence-corrected chi connectivity index (χ2v) is 10.4. The maximum Gasteiger partial charge on any atom is 0.325 e. The molecule has 37 heavy (non-hydrogen) atoms. The lowest BCUT2D eigenvalue weighted by molar-refractivity contribution is -0.143. The lowest BCUT2D eigenvalue weighted by Gasteiger charge is -2.30. The minimum Gasteiger partial charge on any atom is -0.480 e. The van der Waals surface area contributed by atoms with Gasteiger partial charge in [-0.3, -0.25) is 14.7 Å². The van der Waals surface area contributed by atoms with Gasteiger partial charge in [0.25, 0.3) is 0 Å². The molecule has 1 aromatic carbocycles. The summed E-state index contributed by atoms with van der Waals surface area (Å²) in [6.07, 6.45) is 8.47. The molecule has 3 aliphatic rings. The molecule has 8 heteroatoms. The molecule has 0 bridgehead atoms. The van der Waals surface area contributed by atoms with Crippen molar-refractivity contribution in [3.63, 3.8) is 0 Å². The summed E-state index contributed by atoms with van der Waals surface area (Å²) in [6.45, 7) is 3.45. The number of nitrogens with one attached hydrogen (secondary N) is 1. The molecule has 200 valence electrons. The van der Waals surface area contributed by atoms with Crippen LogP contribution in [-0.2, 0) is 27.1 Å². The van der Waals surface area contributed by atoms with Crippen molar-refractivity contribution in [3.8, 4) is 0 Å². The van der Waals surface area contributed by atoms with E-state index in [-0.39, 0.29) is 12.2 Å². The molecule has 7 nitrogen and oxygen atoms in total. The van der Waals surface area contributed by atoms with Gasteiger partial charge in [-0.05, 0) is 93.2 Å². The second-order valence-electron chi connectivity index (χ2n) is 10.4. The van der Waals surface area contributed by atoms with E-state index in [0.29, 0.717) is 31.9 Å². The zero-order valence-electron chi connectivity index (χ0n) is 21.5. The number of nitrogens with zero attached hydrogens (tertiary/aromatic N) is 2. The number of aromatic nitrogens is 1. The van der Waals surface area contributed by atoms with Crippen LogP contribution in [0, 0.1) is 5.82 Å². The molecule has 2 saturated heterocycles. The summed E-state index contributed by atoms with van der Waals surface area (Å²) in [5.74, 6) is -1.38. The number of hydrogen-bond donors (Lipinski definition) is 2. The molecular weight excluding hydrogens is 473 g/mol. The molecule has 2 aromatic rings. The molecule has 0 amide bonds. The van der Waals surface area contributed by atoms with Crippen molar-refractivity contribution in [1.29, 1.82) is 0 Å². The normalized spacial score (nSPS) is 22.8. The first kappa shape index (κ1) is 26.1. The Balaban J connectivity index is 1.13. The number of pyridine rings is 1. The molecule has 2 N–H and O–H groups in total. The van der Waals surface area contributed by atoms with Gasteiger partial charge in [-0.1, -0.05) is 6.07 Å². The first-order valence-electron chi connectivity index (χ1n) is 13.8. The van der Waals surface area contributed by atoms with Crippen LogP contribution in [-0.4, -0.2) is 59.9 Å². The summed E-state index contributed by atoms with van der Waals surface area (Å²) < 4.78 is 26.3. The molecule has 0 aliphatic carbocycles. The van der Waals surface area contributed by atoms with E-state index < -0.39 is 17.8 Å². The minimum atomic E-state index is -0.962. The Kier molecular flexibility index (Phi) is 8.69. The van der Waals surface area contributed by atoms with Crippen molar-refractivity contribution in [1.82, 2.24) is 9.88 Å². The SMILES string of the molecule is O=C(O)C(c1cc(F)ccc1[C@@H]1CCCCO1)N1CC[C@H](OCCCCc2ccc3c(n2)CCCN3)C1. The van der Waals surface area contributed by atoms with Gasteiger partial charge in [0.2, 0.25) is 0 Å². The number of ether oxygens (including phenoxy) is 2. The number of benzene rings is 1. The third kappa shape index (κ3) is 6.48. The van der Waals surface area contributed by atoms with E-state index in [9.17, 15) is 14.3 Å². The Morgan fingerprint density at radius 2 is 2.14 bits per heavy atom. The molecule has 0 saturated carbocycles. The van der Waals surface area contributed by atoms with Crippen LogP contribution in [0.15, 0.2) is 30.3 Å². The zero-order valence-corrected chi connectivity index (χ0v) is 21.5. The van der Waals surface area contributed by atoms with Crippen molar-refractivity contribution in [2.45, 2.75) is 76.0 Å². The van der Waals surface area contributed by atoms with Crippen LogP contribution < -0.4 is 5.32 Å². The van der Waals surface area contributed by atoms with Crippen LogP contribution in [0.3, 0.4) is 0 Å². The van der Waals surface area contributed by atoms with Gasteiger partial charge in [0, 0.05) is 38.5 Å². The van der Waals surface area contributed by atoms with Crippen LogP contribution in [0.4, 0.5) is 10.1 Å². The zero-order chi connectivity index (χ0) is 25.6. The van der Waals surface area contributed by atoms with Crippen LogP contribution in [0.25, 0.3) is 0 Å². The highest BCUT2D eigenvalue weighted by molar-refractivity contribution is 5.76. The van der Waals surface area contributed by atoms with E-state index in [4.69, 9.17) is 14.5 Å². The number of aryl methyl sites for hydroxylation is 2. The summed E-state index contributed by atoms with van der Waals surface area (Å²) in [5.41, 5.74) is 4.78. The molecule has 0 radical (unpaired) electrons. The Bertz CT molecular complexity index is 1080. The van der Waals surface area contributed by atoms with E-state index in [1.165, 1.54) is 23.5 Å². The number of carboxylic acids is 1. The number of anilines is 1. The van der Waals surface area contributed by atoms with Gasteiger partial charge in [0.05, 0.1) is 23.6 Å². The number of aliphatic carboxylic acids is 1. The quantitative estimate of drug-likeness (QED) is 0.432. The van der Waals surface area contributed by atoms with Crippen molar-refractivity contribution < 1.29 is 23.8 Å². The predicted octanol–water partition coefficient (Wildman–Crippen LogP) is 5.06. The Morgan fingerprint density at radius 1 is 1.22 bits per heavy atom. The fourth-order valence-corrected chi connectivity index (χ4v) is 5.85. The van der Waals surface area contributed by atoms with E-state index in [2.05, 4.69) is 17.4 Å². The molecule has 5 rings (SSSR count). The van der Waals surface area contributed by atoms with Crippen LogP contribution in [0.2, 0.25) is 0 Å². The largest absolute Gasteiger partial charge is 0.480 e. The minimum absolute atomic E-state index is 0.0160. The van der Waals surface area contributed by atoms with E-state index >= 15 is 0 Å². The van der Waals surface area contributed by atoms with Crippen LogP contribution in [0.1, 0.15) is 79.6 Å². The lowest BCUT2D eigenvalue weighted by atomic mass is 9.92. The van der Waals surface area contributed by atoms with Crippen molar-refractivity contribution >= 4 is 11.7 Å². The molecule has 3 aliphatic heterocycles. The number of carbonyl (C=O) groups is 1. The lowest BCUT2D eigenvalue weighted by Crippen LogP contribution is -2.34. The van der Waals surface area contributed by atoms with Gasteiger partial charge in [-0.15, -0.1) is 0 Å². The number of fused-ring (bicyclic) bond motifs is 1. The average molecular weight is 512 g/mol. The summed E-state index contributed by atoms with van der Waals surface area (Å²) in [6, 6.07) is 7.83. The van der Waals surface area contributed by atoms with Crippen LogP contribution >= 0.6 is 0 Å². The molecular formula is C29H38FN3O4. The van der Waals surface area contributed by atoms with Crippen LogP contribution in [0.5, 0.6) is 0 Å². The van der Waals surface area contributed by atoms with Crippen molar-refractivity contribution in [2.24, 2.45) is 0 Å². The highest BCUT2D eigenvalue weighted by atomic mass is 19.1. The molecule has 0 spiro atoms. The number of carboxylic acid groups (broad SMARTS) is 1. The van der Waals surface area contributed by atoms with Gasteiger partial charge < -0.3 is 19.9 Å². The monoisotopic (exact) mass is 511 g/mol. The van der Waals surface area contributed by atoms with Gasteiger partial charge in [-0.25, -0.2) is 4.39 Å². The number of likely N-dealkylation sites (tertiary alicyclic amines) is 1. The summed E-state index contributed by atoms with van der Waals surface area (Å²) in [5, 5.41) is 13.6. The highest BCUT2D eigenvalue weighted by Crippen LogP contribution is 2.36. The second kappa shape index (κ2) is 12.3. The number of rotatable bonds is 10. The van der Waals surface area contributed by atoms with Gasteiger partial charge >= 0.3 is 5.97 Å². The average Bonchev–Trinajstić information content (AvgIpc) is 3.37. The first-order valence-corrected chi connectivity index (χ1v) is 13.8. The maximum absolute atomic E-state index is 14.3. The van der Waals surface area contributed by atoms with Gasteiger partial charge in [-0.2, -0.15) is 0 Å². The first-order chi connectivity index (χ1) is 18.1. The Hall–Kier alpha value is -2.55. The summed E-state index contributed by atoms with van der Waals surface area (Å²) >= 11 is 0. The smallest absolute Gasteiger partial charge is 0.325 e. The molecule has 1 aromatic heterocycles. The molecule has 2 fully saturated rings. The van der Waals surface area contributed by atoms with E-state index in [1.54, 1.807) is 6.07 Å². The Morgan fingerprint density at radius 3 is 2.97 bits per heavy atom. The van der Waals surface area contributed by atoms with E-state index in [1.807, 2.05) is 4.90 Å². The third-order valence-corrected chi connectivity index (χ3v) is 7.76. The number of unbranched alkanes of at least 4 members (excludes halogenated alkanes) is 1. The van der Waals surface area contributed by atoms with Gasteiger partial charge in [0.1, 0.15) is 11.9 Å². The third-order valence-electron chi connectivity index (χ3n) is 7.76. The maximum atomic E-state index is 14.3. The number of halogens is 1. The van der Waals surface area contributed by atoms with Crippen molar-refractivity contribution in [3.05, 3.63) is 58.7 Å². The molecule has 4 heterocycles. The fourth-order valence-electron chi connectivity index (χ4n) is 5.85. The standard InChI is InChI=1S/C29H38FN3O4/c30-20-9-11-23(27-8-2-4-17-37-27)24(18-20)28(29(34)35)33-15-13-22(19-33)36-16-3-1-6-21-10-12-25-26(32-21)7-5-14-31-25/h9-12,18,22,27-28,31H,1-8,13-17,19H2,(H,34,35)/t22-,27-,28?/m0/s1.